The molecule has 1 atom stereocenters. The molecule has 0 bridgehead atoms. The van der Waals surface area contributed by atoms with Gasteiger partial charge in [0, 0.05) is 12.1 Å². The van der Waals surface area contributed by atoms with Crippen LogP contribution < -0.4 is 5.73 Å². The number of rotatable bonds is 5. The molecule has 1 heterocycles. The number of carbonyl (C=O) groups is 3. The Bertz CT molecular complexity index is 801. The van der Waals surface area contributed by atoms with Crippen molar-refractivity contribution >= 4 is 35.9 Å². The lowest BCUT2D eigenvalue weighted by atomic mass is 10.0. The number of imide groups is 1. The third-order valence-corrected chi connectivity index (χ3v) is 4.10. The van der Waals surface area contributed by atoms with Gasteiger partial charge in [-0.15, -0.1) is 12.4 Å². The molecule has 0 spiro atoms. The van der Waals surface area contributed by atoms with Gasteiger partial charge in [-0.05, 0) is 36.8 Å². The van der Waals surface area contributed by atoms with E-state index in [1.54, 1.807) is 55.5 Å². The highest BCUT2D eigenvalue weighted by atomic mass is 35.5. The minimum Gasteiger partial charge on any atom is -0.464 e. The van der Waals surface area contributed by atoms with Crippen molar-refractivity contribution in [3.8, 4) is 0 Å². The Morgan fingerprint density at radius 2 is 1.58 bits per heavy atom. The van der Waals surface area contributed by atoms with Gasteiger partial charge in [-0.1, -0.05) is 24.3 Å². The van der Waals surface area contributed by atoms with E-state index in [0.717, 1.165) is 10.5 Å². The van der Waals surface area contributed by atoms with Crippen LogP contribution in [-0.2, 0) is 16.0 Å². The zero-order valence-corrected chi connectivity index (χ0v) is 15.0. The lowest BCUT2D eigenvalue weighted by Crippen LogP contribution is -2.47. The first kappa shape index (κ1) is 19.5. The van der Waals surface area contributed by atoms with Crippen molar-refractivity contribution in [1.29, 1.82) is 0 Å². The molecule has 0 fully saturated rings. The first-order valence-electron chi connectivity index (χ1n) is 8.01. The monoisotopic (exact) mass is 374 g/mol. The molecule has 2 amide bonds. The minimum absolute atomic E-state index is 0. The van der Waals surface area contributed by atoms with E-state index in [4.69, 9.17) is 10.5 Å². The van der Waals surface area contributed by atoms with Crippen LogP contribution in [0.4, 0.5) is 5.69 Å². The molecule has 2 aromatic carbocycles. The Morgan fingerprint density at radius 1 is 1.04 bits per heavy atom. The topological polar surface area (TPSA) is 89.7 Å². The van der Waals surface area contributed by atoms with E-state index in [1.165, 1.54) is 0 Å². The van der Waals surface area contributed by atoms with Crippen LogP contribution in [0.25, 0.3) is 0 Å². The molecule has 3 rings (SSSR count). The average Bonchev–Trinajstić information content (AvgIpc) is 2.86. The quantitative estimate of drug-likeness (QED) is 0.493. The molecule has 136 valence electrons. The van der Waals surface area contributed by atoms with E-state index in [1.807, 2.05) is 0 Å². The summed E-state index contributed by atoms with van der Waals surface area (Å²) >= 11 is 0. The van der Waals surface area contributed by atoms with Gasteiger partial charge in [0.05, 0.1) is 17.7 Å². The van der Waals surface area contributed by atoms with Crippen LogP contribution in [0, 0.1) is 0 Å². The van der Waals surface area contributed by atoms with E-state index in [2.05, 4.69) is 0 Å². The lowest BCUT2D eigenvalue weighted by molar-refractivity contribution is -0.147. The number of nitrogens with two attached hydrogens (primary N) is 1. The number of ether oxygens (including phenoxy) is 1. The van der Waals surface area contributed by atoms with Gasteiger partial charge in [-0.25, -0.2) is 4.79 Å². The summed E-state index contributed by atoms with van der Waals surface area (Å²) in [6.07, 6.45) is 0.171. The molecular formula is C19H19ClN2O4. The van der Waals surface area contributed by atoms with Crippen molar-refractivity contribution in [3.63, 3.8) is 0 Å². The summed E-state index contributed by atoms with van der Waals surface area (Å²) in [5.74, 6) is -1.56. The standard InChI is InChI=1S/C19H18N2O4.ClH/c1-2-25-19(24)16(11-12-7-9-13(20)10-8-12)21-17(22)14-5-3-4-6-15(14)18(21)23;/h3-10,16H,2,11,20H2,1H3;1H. The van der Waals surface area contributed by atoms with Crippen molar-refractivity contribution in [2.45, 2.75) is 19.4 Å². The zero-order chi connectivity index (χ0) is 18.0. The summed E-state index contributed by atoms with van der Waals surface area (Å²) in [6.45, 7) is 1.85. The molecule has 1 unspecified atom stereocenters. The maximum absolute atomic E-state index is 12.7. The number of amides is 2. The van der Waals surface area contributed by atoms with Gasteiger partial charge in [0.1, 0.15) is 6.04 Å². The second kappa shape index (κ2) is 8.01. The number of nitrogens with zero attached hydrogens (tertiary/aromatic N) is 1. The first-order chi connectivity index (χ1) is 12.0. The Labute approximate surface area is 157 Å². The molecule has 0 radical (unpaired) electrons. The molecule has 2 N–H and O–H groups in total. The largest absolute Gasteiger partial charge is 0.464 e. The second-order valence-electron chi connectivity index (χ2n) is 5.74. The highest BCUT2D eigenvalue weighted by Crippen LogP contribution is 2.26. The SMILES string of the molecule is CCOC(=O)C(Cc1ccc(N)cc1)N1C(=O)c2ccccc2C1=O.Cl. The number of esters is 1. The van der Waals surface area contributed by atoms with Crippen molar-refractivity contribution in [3.05, 3.63) is 65.2 Å². The fourth-order valence-corrected chi connectivity index (χ4v) is 2.89. The summed E-state index contributed by atoms with van der Waals surface area (Å²) in [5, 5.41) is 0. The Kier molecular flexibility index (Phi) is 6.00. The van der Waals surface area contributed by atoms with Gasteiger partial charge in [0.15, 0.2) is 0 Å². The normalized spacial score (nSPS) is 13.8. The van der Waals surface area contributed by atoms with Crippen LogP contribution in [0.15, 0.2) is 48.5 Å². The number of halogens is 1. The van der Waals surface area contributed by atoms with Crippen LogP contribution in [0.3, 0.4) is 0 Å². The highest BCUT2D eigenvalue weighted by Gasteiger charge is 2.43. The predicted octanol–water partition coefficient (Wildman–Crippen LogP) is 2.46. The number of benzene rings is 2. The second-order valence-corrected chi connectivity index (χ2v) is 5.74. The van der Waals surface area contributed by atoms with Gasteiger partial charge >= 0.3 is 5.97 Å². The van der Waals surface area contributed by atoms with Gasteiger partial charge in [-0.2, -0.15) is 0 Å². The molecule has 0 saturated carbocycles. The molecule has 1 aliphatic rings. The molecule has 6 nitrogen and oxygen atoms in total. The van der Waals surface area contributed by atoms with Gasteiger partial charge in [0.25, 0.3) is 11.8 Å². The zero-order valence-electron chi connectivity index (χ0n) is 14.2. The van der Waals surface area contributed by atoms with Crippen molar-refractivity contribution < 1.29 is 19.1 Å². The number of fused-ring (bicyclic) bond motifs is 1. The maximum Gasteiger partial charge on any atom is 0.329 e. The lowest BCUT2D eigenvalue weighted by Gasteiger charge is -2.24. The summed E-state index contributed by atoms with van der Waals surface area (Å²) in [5.41, 5.74) is 7.66. The van der Waals surface area contributed by atoms with E-state index in [-0.39, 0.29) is 25.4 Å². The summed E-state index contributed by atoms with van der Waals surface area (Å²) in [4.78, 5) is 38.8. The number of hydrogen-bond acceptors (Lipinski definition) is 5. The molecular weight excluding hydrogens is 356 g/mol. The fourth-order valence-electron chi connectivity index (χ4n) is 2.89. The average molecular weight is 375 g/mol. The van der Waals surface area contributed by atoms with E-state index in [0.29, 0.717) is 16.8 Å². The van der Waals surface area contributed by atoms with Crippen LogP contribution >= 0.6 is 12.4 Å². The van der Waals surface area contributed by atoms with E-state index >= 15 is 0 Å². The van der Waals surface area contributed by atoms with E-state index in [9.17, 15) is 14.4 Å². The van der Waals surface area contributed by atoms with Gasteiger partial charge < -0.3 is 10.5 Å². The van der Waals surface area contributed by atoms with Crippen molar-refractivity contribution in [1.82, 2.24) is 4.90 Å². The Morgan fingerprint density at radius 3 is 2.08 bits per heavy atom. The number of carbonyl (C=O) groups excluding carboxylic acids is 3. The minimum atomic E-state index is -1.02. The molecule has 0 saturated heterocycles. The number of hydrogen-bond donors (Lipinski definition) is 1. The highest BCUT2D eigenvalue weighted by molar-refractivity contribution is 6.22. The van der Waals surface area contributed by atoms with Crippen LogP contribution in [0.2, 0.25) is 0 Å². The third-order valence-electron chi connectivity index (χ3n) is 4.10. The van der Waals surface area contributed by atoms with Crippen molar-refractivity contribution in [2.75, 3.05) is 12.3 Å². The summed E-state index contributed by atoms with van der Waals surface area (Å²) in [6, 6.07) is 12.5. The molecule has 1 aliphatic heterocycles. The van der Waals surface area contributed by atoms with E-state index < -0.39 is 23.8 Å². The number of anilines is 1. The Balaban J connectivity index is 0.00000243. The Hall–Kier alpha value is -2.86. The molecule has 26 heavy (non-hydrogen) atoms. The fraction of sp³-hybridized carbons (Fsp3) is 0.211. The predicted molar refractivity (Wildman–Crippen MR) is 99.2 cm³/mol. The first-order valence-corrected chi connectivity index (χ1v) is 8.01. The third kappa shape index (κ3) is 3.55. The van der Waals surface area contributed by atoms with Crippen LogP contribution in [0.1, 0.15) is 33.2 Å². The maximum atomic E-state index is 12.7. The van der Waals surface area contributed by atoms with Crippen LogP contribution in [-0.4, -0.2) is 35.3 Å². The van der Waals surface area contributed by atoms with Gasteiger partial charge in [-0.3, -0.25) is 14.5 Å². The summed E-state index contributed by atoms with van der Waals surface area (Å²) in [7, 11) is 0. The van der Waals surface area contributed by atoms with Crippen molar-refractivity contribution in [2.24, 2.45) is 0 Å². The molecule has 7 heteroatoms. The molecule has 0 aromatic heterocycles. The van der Waals surface area contributed by atoms with Gasteiger partial charge in [0.2, 0.25) is 0 Å². The molecule has 0 aliphatic carbocycles. The molecule has 2 aromatic rings. The smallest absolute Gasteiger partial charge is 0.329 e. The number of nitrogen functional groups attached to an aromatic ring is 1. The van der Waals surface area contributed by atoms with Crippen LogP contribution in [0.5, 0.6) is 0 Å². The summed E-state index contributed by atoms with van der Waals surface area (Å²) < 4.78 is 5.10.